The molecule has 0 atom stereocenters. The summed E-state index contributed by atoms with van der Waals surface area (Å²) >= 11 is 0. The molecule has 0 amide bonds. The second kappa shape index (κ2) is 3.30. The van der Waals surface area contributed by atoms with Gasteiger partial charge in [-0.05, 0) is 0 Å². The quantitative estimate of drug-likeness (QED) is 0.750. The molecule has 0 aliphatic carbocycles. The Kier molecular flexibility index (Phi) is 2.22. The average molecular weight is 228 g/mol. The first-order valence-corrected chi connectivity index (χ1v) is 5.57. The molecule has 0 radical (unpaired) electrons. The lowest BCUT2D eigenvalue weighted by Gasteiger charge is -1.92. The molecule has 0 bridgehead atoms. The topological polar surface area (TPSA) is 106 Å². The zero-order valence-electron chi connectivity index (χ0n) is 7.54. The minimum atomic E-state index is -3.84. The Morgan fingerprint density at radius 1 is 1.47 bits per heavy atom. The van der Waals surface area contributed by atoms with Crippen molar-refractivity contribution in [3.8, 4) is 0 Å². The smallest absolute Gasteiger partial charge is 0.271 e. The van der Waals surface area contributed by atoms with Crippen LogP contribution in [-0.4, -0.2) is 18.5 Å². The number of fused-ring (bicyclic) bond motifs is 1. The molecule has 7 heteroatoms. The number of nitrogens with zero attached hydrogens (tertiary/aromatic N) is 1. The van der Waals surface area contributed by atoms with Gasteiger partial charge < -0.3 is 9.52 Å². The summed E-state index contributed by atoms with van der Waals surface area (Å²) in [6, 6.07) is 2.75. The van der Waals surface area contributed by atoms with Crippen LogP contribution in [0.5, 0.6) is 0 Å². The summed E-state index contributed by atoms with van der Waals surface area (Å²) in [5.41, 5.74) is 0.732. The first kappa shape index (κ1) is 10.1. The first-order valence-electron chi connectivity index (χ1n) is 4.03. The Bertz CT molecular complexity index is 602. The number of furan rings is 1. The third kappa shape index (κ3) is 1.84. The number of pyridine rings is 1. The molecule has 0 aliphatic rings. The highest BCUT2D eigenvalue weighted by Crippen LogP contribution is 2.21. The van der Waals surface area contributed by atoms with Gasteiger partial charge in [-0.2, -0.15) is 0 Å². The fourth-order valence-corrected chi connectivity index (χ4v) is 1.67. The lowest BCUT2D eigenvalue weighted by Crippen LogP contribution is -2.10. The fraction of sp³-hybridized carbons (Fsp3) is 0.125. The molecule has 0 aliphatic heterocycles. The fourth-order valence-electron chi connectivity index (χ4n) is 1.18. The predicted octanol–water partition coefficient (Wildman–Crippen LogP) is -0.0325. The van der Waals surface area contributed by atoms with Crippen LogP contribution in [0.4, 0.5) is 0 Å². The second-order valence-electron chi connectivity index (χ2n) is 2.98. The van der Waals surface area contributed by atoms with E-state index in [1.165, 1.54) is 18.3 Å². The molecular weight excluding hydrogens is 220 g/mol. The minimum absolute atomic E-state index is 0.235. The molecule has 0 saturated carbocycles. The zero-order valence-corrected chi connectivity index (χ0v) is 8.36. The summed E-state index contributed by atoms with van der Waals surface area (Å²) < 4.78 is 27.0. The molecule has 80 valence electrons. The van der Waals surface area contributed by atoms with Gasteiger partial charge in [0, 0.05) is 23.7 Å². The molecule has 6 nitrogen and oxygen atoms in total. The molecule has 0 spiro atoms. The summed E-state index contributed by atoms with van der Waals surface area (Å²) in [6.45, 7) is -0.235. The van der Waals surface area contributed by atoms with Crippen molar-refractivity contribution < 1.29 is 17.9 Å². The average Bonchev–Trinajstić information content (AvgIpc) is 2.59. The van der Waals surface area contributed by atoms with Gasteiger partial charge in [-0.25, -0.2) is 13.6 Å². The van der Waals surface area contributed by atoms with Crippen molar-refractivity contribution in [2.24, 2.45) is 5.14 Å². The first-order chi connectivity index (χ1) is 7.00. The number of nitrogens with two attached hydrogens (primary N) is 1. The van der Waals surface area contributed by atoms with Crippen molar-refractivity contribution in [3.63, 3.8) is 0 Å². The molecule has 15 heavy (non-hydrogen) atoms. The minimum Gasteiger partial charge on any atom is -0.443 e. The summed E-state index contributed by atoms with van der Waals surface area (Å²) in [4.78, 5) is 3.88. The highest BCUT2D eigenvalue weighted by atomic mass is 32.2. The van der Waals surface area contributed by atoms with Gasteiger partial charge in [-0.1, -0.05) is 0 Å². The Morgan fingerprint density at radius 3 is 2.80 bits per heavy atom. The van der Waals surface area contributed by atoms with E-state index in [-0.39, 0.29) is 11.7 Å². The molecule has 0 unspecified atom stereocenters. The lowest BCUT2D eigenvalue weighted by molar-refractivity contribution is 0.277. The number of primary sulfonamides is 1. The number of aliphatic hydroxyl groups excluding tert-OH is 1. The number of rotatable bonds is 2. The van der Waals surface area contributed by atoms with E-state index < -0.39 is 10.0 Å². The van der Waals surface area contributed by atoms with E-state index in [1.807, 2.05) is 0 Å². The highest BCUT2D eigenvalue weighted by Gasteiger charge is 2.14. The number of aromatic nitrogens is 1. The Morgan fingerprint density at radius 2 is 2.20 bits per heavy atom. The predicted molar refractivity (Wildman–Crippen MR) is 51.3 cm³/mol. The second-order valence-corrected chi connectivity index (χ2v) is 4.47. The van der Waals surface area contributed by atoms with Gasteiger partial charge in [0.2, 0.25) is 5.09 Å². The zero-order chi connectivity index (χ0) is 11.1. The number of hydrogen-bond donors (Lipinski definition) is 2. The van der Waals surface area contributed by atoms with Crippen LogP contribution in [-0.2, 0) is 16.6 Å². The summed E-state index contributed by atoms with van der Waals surface area (Å²) in [5, 5.41) is 13.9. The Hall–Kier alpha value is -1.44. The third-order valence-electron chi connectivity index (χ3n) is 1.88. The van der Waals surface area contributed by atoms with Crippen molar-refractivity contribution in [1.82, 2.24) is 4.98 Å². The monoisotopic (exact) mass is 228 g/mol. The van der Waals surface area contributed by atoms with Crippen LogP contribution in [0.15, 0.2) is 27.8 Å². The molecule has 2 heterocycles. The molecule has 2 aromatic rings. The number of hydrogen-bond acceptors (Lipinski definition) is 5. The molecule has 2 aromatic heterocycles. The summed E-state index contributed by atoms with van der Waals surface area (Å²) in [6.07, 6.45) is 1.42. The summed E-state index contributed by atoms with van der Waals surface area (Å²) in [7, 11) is -3.84. The van der Waals surface area contributed by atoms with Crippen LogP contribution >= 0.6 is 0 Å². The lowest BCUT2D eigenvalue weighted by atomic mass is 10.3. The van der Waals surface area contributed by atoms with Crippen LogP contribution in [0, 0.1) is 0 Å². The molecular formula is C8H8N2O4S. The van der Waals surface area contributed by atoms with E-state index in [2.05, 4.69) is 4.98 Å². The van der Waals surface area contributed by atoms with Crippen molar-refractivity contribution in [3.05, 3.63) is 24.0 Å². The SMILES string of the molecule is NS(=O)(=O)c1cc2cnc(CO)cc2o1. The van der Waals surface area contributed by atoms with Gasteiger partial charge in [0.25, 0.3) is 10.0 Å². The number of aliphatic hydroxyl groups is 1. The molecule has 3 N–H and O–H groups in total. The standard InChI is InChI=1S/C8H8N2O4S/c9-15(12,13)8-1-5-3-10-6(4-11)2-7(5)14-8/h1-3,11H,4H2,(H2,9,12,13). The van der Waals surface area contributed by atoms with Gasteiger partial charge in [0.05, 0.1) is 12.3 Å². The third-order valence-corrected chi connectivity index (χ3v) is 2.64. The largest absolute Gasteiger partial charge is 0.443 e. The van der Waals surface area contributed by atoms with Gasteiger partial charge in [0.1, 0.15) is 5.58 Å². The Labute approximate surface area is 85.4 Å². The van der Waals surface area contributed by atoms with E-state index in [0.29, 0.717) is 16.7 Å². The van der Waals surface area contributed by atoms with Crippen molar-refractivity contribution in [1.29, 1.82) is 0 Å². The summed E-state index contributed by atoms with van der Waals surface area (Å²) in [5.74, 6) is 0. The van der Waals surface area contributed by atoms with Crippen LogP contribution in [0.3, 0.4) is 0 Å². The number of sulfonamides is 1. The maximum Gasteiger partial charge on any atom is 0.271 e. The molecule has 0 fully saturated rings. The van der Waals surface area contributed by atoms with Crippen molar-refractivity contribution in [2.45, 2.75) is 11.7 Å². The van der Waals surface area contributed by atoms with E-state index >= 15 is 0 Å². The van der Waals surface area contributed by atoms with Crippen molar-refractivity contribution in [2.75, 3.05) is 0 Å². The molecule has 2 rings (SSSR count). The van der Waals surface area contributed by atoms with E-state index in [9.17, 15) is 8.42 Å². The van der Waals surface area contributed by atoms with E-state index in [1.54, 1.807) is 0 Å². The highest BCUT2D eigenvalue weighted by molar-refractivity contribution is 7.89. The van der Waals surface area contributed by atoms with Crippen molar-refractivity contribution >= 4 is 21.0 Å². The van der Waals surface area contributed by atoms with E-state index in [0.717, 1.165) is 0 Å². The molecule has 0 saturated heterocycles. The normalized spacial score (nSPS) is 12.1. The van der Waals surface area contributed by atoms with Gasteiger partial charge in [-0.3, -0.25) is 4.98 Å². The molecule has 0 aromatic carbocycles. The van der Waals surface area contributed by atoms with Gasteiger partial charge in [0.15, 0.2) is 0 Å². The van der Waals surface area contributed by atoms with Crippen LogP contribution in [0.1, 0.15) is 5.69 Å². The maximum atomic E-state index is 11.0. The maximum absolute atomic E-state index is 11.0. The van der Waals surface area contributed by atoms with Gasteiger partial charge >= 0.3 is 0 Å². The van der Waals surface area contributed by atoms with E-state index in [4.69, 9.17) is 14.7 Å². The van der Waals surface area contributed by atoms with Crippen LogP contribution < -0.4 is 5.14 Å². The van der Waals surface area contributed by atoms with Crippen LogP contribution in [0.25, 0.3) is 11.0 Å². The Balaban J connectivity index is 2.66. The van der Waals surface area contributed by atoms with Crippen LogP contribution in [0.2, 0.25) is 0 Å². The van der Waals surface area contributed by atoms with Gasteiger partial charge in [-0.15, -0.1) is 0 Å².